The van der Waals surface area contributed by atoms with Crippen molar-refractivity contribution in [1.82, 2.24) is 0 Å². The lowest BCUT2D eigenvalue weighted by molar-refractivity contribution is 0.179. The highest BCUT2D eigenvalue weighted by Crippen LogP contribution is 2.27. The van der Waals surface area contributed by atoms with E-state index >= 15 is 0 Å². The number of hydrogen-bond acceptors (Lipinski definition) is 3. The largest absolute Gasteiger partial charge is 0.493 e. The molecule has 3 nitrogen and oxygen atoms in total. The Bertz CT molecular complexity index is 344. The van der Waals surface area contributed by atoms with Gasteiger partial charge < -0.3 is 15.6 Å². The van der Waals surface area contributed by atoms with Gasteiger partial charge in [-0.2, -0.15) is 0 Å². The van der Waals surface area contributed by atoms with E-state index in [1.807, 2.05) is 0 Å². The molecule has 0 aliphatic carbocycles. The zero-order chi connectivity index (χ0) is 11.4. The first-order chi connectivity index (χ1) is 7.10. The Morgan fingerprint density at radius 3 is 2.53 bits per heavy atom. The maximum Gasteiger partial charge on any atom is 0.162 e. The topological polar surface area (TPSA) is 55.5 Å². The van der Waals surface area contributed by atoms with Gasteiger partial charge in [-0.15, -0.1) is 0 Å². The van der Waals surface area contributed by atoms with E-state index in [1.54, 1.807) is 6.92 Å². The van der Waals surface area contributed by atoms with E-state index in [-0.39, 0.29) is 17.9 Å². The quantitative estimate of drug-likeness (QED) is 0.800. The maximum absolute atomic E-state index is 12.9. The number of benzene rings is 1. The number of halogens is 2. The summed E-state index contributed by atoms with van der Waals surface area (Å²) in [5.74, 6) is -1.92. The average Bonchev–Trinajstić information content (AvgIpc) is 2.22. The van der Waals surface area contributed by atoms with Crippen molar-refractivity contribution in [2.75, 3.05) is 13.2 Å². The minimum absolute atomic E-state index is 0.0782. The molecule has 3 N–H and O–H groups in total. The van der Waals surface area contributed by atoms with Crippen molar-refractivity contribution in [3.8, 4) is 5.75 Å². The van der Waals surface area contributed by atoms with Crippen molar-refractivity contribution in [1.29, 1.82) is 0 Å². The molecule has 0 aliphatic rings. The molecule has 0 bridgehead atoms. The molecule has 1 aromatic rings. The van der Waals surface area contributed by atoms with Crippen LogP contribution in [-0.4, -0.2) is 18.3 Å². The molecule has 0 fully saturated rings. The standard InChI is InChI=1S/C10H13F2NO2/c1-2-15-10-4-8(12)7(11)3-6(10)9(14)5-13/h3-4,9,14H,2,5,13H2,1H3. The van der Waals surface area contributed by atoms with Gasteiger partial charge in [0, 0.05) is 18.2 Å². The molecule has 1 rings (SSSR count). The summed E-state index contributed by atoms with van der Waals surface area (Å²) in [6, 6.07) is 1.81. The first-order valence-corrected chi connectivity index (χ1v) is 4.60. The molecule has 0 aromatic heterocycles. The summed E-state index contributed by atoms with van der Waals surface area (Å²) < 4.78 is 30.9. The Kier molecular flexibility index (Phi) is 3.99. The molecule has 1 aromatic carbocycles. The molecule has 1 unspecified atom stereocenters. The minimum atomic E-state index is -1.05. The SMILES string of the molecule is CCOc1cc(F)c(F)cc1C(O)CN. The number of aliphatic hydroxyl groups excluding tert-OH is 1. The second-order valence-electron chi connectivity index (χ2n) is 2.99. The fourth-order valence-electron chi connectivity index (χ4n) is 1.21. The summed E-state index contributed by atoms with van der Waals surface area (Å²) in [6.45, 7) is 1.93. The predicted octanol–water partition coefficient (Wildman–Crippen LogP) is 1.36. The van der Waals surface area contributed by atoms with Crippen molar-refractivity contribution in [3.63, 3.8) is 0 Å². The van der Waals surface area contributed by atoms with Crippen LogP contribution in [0.15, 0.2) is 12.1 Å². The van der Waals surface area contributed by atoms with E-state index in [0.717, 1.165) is 12.1 Å². The zero-order valence-electron chi connectivity index (χ0n) is 8.34. The first kappa shape index (κ1) is 11.9. The minimum Gasteiger partial charge on any atom is -0.493 e. The zero-order valence-corrected chi connectivity index (χ0v) is 8.34. The van der Waals surface area contributed by atoms with Gasteiger partial charge in [-0.3, -0.25) is 0 Å². The highest BCUT2D eigenvalue weighted by atomic mass is 19.2. The van der Waals surface area contributed by atoms with Crippen LogP contribution in [-0.2, 0) is 0 Å². The molecule has 0 amide bonds. The molecular formula is C10H13F2NO2. The van der Waals surface area contributed by atoms with Gasteiger partial charge in [-0.05, 0) is 13.0 Å². The van der Waals surface area contributed by atoms with Gasteiger partial charge in [0.1, 0.15) is 5.75 Å². The van der Waals surface area contributed by atoms with Crippen molar-refractivity contribution in [3.05, 3.63) is 29.3 Å². The van der Waals surface area contributed by atoms with Crippen molar-refractivity contribution < 1.29 is 18.6 Å². The monoisotopic (exact) mass is 217 g/mol. The number of ether oxygens (including phenoxy) is 1. The Morgan fingerprint density at radius 1 is 1.40 bits per heavy atom. The van der Waals surface area contributed by atoms with E-state index in [9.17, 15) is 13.9 Å². The van der Waals surface area contributed by atoms with Crippen LogP contribution in [0, 0.1) is 11.6 Å². The van der Waals surface area contributed by atoms with Gasteiger partial charge in [0.2, 0.25) is 0 Å². The Hall–Kier alpha value is -1.20. The number of hydrogen-bond donors (Lipinski definition) is 2. The predicted molar refractivity (Wildman–Crippen MR) is 51.5 cm³/mol. The summed E-state index contributed by atoms with van der Waals surface area (Å²) in [5.41, 5.74) is 5.40. The van der Waals surface area contributed by atoms with Gasteiger partial charge >= 0.3 is 0 Å². The molecule has 0 saturated heterocycles. The lowest BCUT2D eigenvalue weighted by Gasteiger charge is -2.14. The Balaban J connectivity index is 3.15. The van der Waals surface area contributed by atoms with Crippen LogP contribution < -0.4 is 10.5 Å². The van der Waals surface area contributed by atoms with Gasteiger partial charge in [0.15, 0.2) is 11.6 Å². The fourth-order valence-corrected chi connectivity index (χ4v) is 1.21. The smallest absolute Gasteiger partial charge is 0.162 e. The maximum atomic E-state index is 12.9. The second-order valence-corrected chi connectivity index (χ2v) is 2.99. The third-order valence-corrected chi connectivity index (χ3v) is 1.93. The third kappa shape index (κ3) is 2.64. The molecule has 0 saturated carbocycles. The van der Waals surface area contributed by atoms with Crippen molar-refractivity contribution in [2.24, 2.45) is 5.73 Å². The van der Waals surface area contributed by atoms with E-state index in [4.69, 9.17) is 10.5 Å². The molecule has 1 atom stereocenters. The van der Waals surface area contributed by atoms with Crippen molar-refractivity contribution >= 4 is 0 Å². The lowest BCUT2D eigenvalue weighted by Crippen LogP contribution is -2.13. The second kappa shape index (κ2) is 5.04. The van der Waals surface area contributed by atoms with Crippen LogP contribution in [0.25, 0.3) is 0 Å². The van der Waals surface area contributed by atoms with Gasteiger partial charge in [-0.25, -0.2) is 8.78 Å². The molecule has 0 aliphatic heterocycles. The summed E-state index contributed by atoms with van der Waals surface area (Å²) in [6.07, 6.45) is -1.05. The van der Waals surface area contributed by atoms with Crippen LogP contribution in [0.4, 0.5) is 8.78 Å². The fraction of sp³-hybridized carbons (Fsp3) is 0.400. The summed E-state index contributed by atoms with van der Waals surface area (Å²) >= 11 is 0. The molecular weight excluding hydrogens is 204 g/mol. The normalized spacial score (nSPS) is 12.6. The summed E-state index contributed by atoms with van der Waals surface area (Å²) in [5, 5.41) is 9.46. The third-order valence-electron chi connectivity index (χ3n) is 1.93. The lowest BCUT2D eigenvalue weighted by atomic mass is 10.1. The summed E-state index contributed by atoms with van der Waals surface area (Å²) in [4.78, 5) is 0. The van der Waals surface area contributed by atoms with Crippen LogP contribution in [0.1, 0.15) is 18.6 Å². The Labute approximate surface area is 86.5 Å². The highest BCUT2D eigenvalue weighted by Gasteiger charge is 2.16. The van der Waals surface area contributed by atoms with Crippen LogP contribution in [0.3, 0.4) is 0 Å². The molecule has 15 heavy (non-hydrogen) atoms. The van der Waals surface area contributed by atoms with Crippen LogP contribution in [0.5, 0.6) is 5.75 Å². The van der Waals surface area contributed by atoms with E-state index in [2.05, 4.69) is 0 Å². The number of aliphatic hydroxyl groups is 1. The van der Waals surface area contributed by atoms with E-state index in [0.29, 0.717) is 6.61 Å². The molecule has 0 spiro atoms. The van der Waals surface area contributed by atoms with Gasteiger partial charge in [-0.1, -0.05) is 0 Å². The van der Waals surface area contributed by atoms with Crippen LogP contribution in [0.2, 0.25) is 0 Å². The van der Waals surface area contributed by atoms with E-state index < -0.39 is 17.7 Å². The number of rotatable bonds is 4. The molecule has 84 valence electrons. The van der Waals surface area contributed by atoms with Gasteiger partial charge in [0.05, 0.1) is 12.7 Å². The Morgan fingerprint density at radius 2 is 2.00 bits per heavy atom. The van der Waals surface area contributed by atoms with Crippen molar-refractivity contribution in [2.45, 2.75) is 13.0 Å². The molecule has 0 heterocycles. The molecule has 5 heteroatoms. The van der Waals surface area contributed by atoms with Gasteiger partial charge in [0.25, 0.3) is 0 Å². The number of nitrogens with two attached hydrogens (primary N) is 1. The van der Waals surface area contributed by atoms with E-state index in [1.165, 1.54) is 0 Å². The molecule has 0 radical (unpaired) electrons. The first-order valence-electron chi connectivity index (χ1n) is 4.60. The van der Waals surface area contributed by atoms with Crippen LogP contribution >= 0.6 is 0 Å². The highest BCUT2D eigenvalue weighted by molar-refractivity contribution is 5.36. The average molecular weight is 217 g/mol. The summed E-state index contributed by atoms with van der Waals surface area (Å²) in [7, 11) is 0.